The lowest BCUT2D eigenvalue weighted by Crippen LogP contribution is -2.65. The van der Waals surface area contributed by atoms with Gasteiger partial charge in [0.05, 0.1) is 11.2 Å². The van der Waals surface area contributed by atoms with Gasteiger partial charge in [-0.2, -0.15) is 17.2 Å². The fourth-order valence-corrected chi connectivity index (χ4v) is 9.81. The van der Waals surface area contributed by atoms with Crippen LogP contribution < -0.4 is 0 Å². The predicted molar refractivity (Wildman–Crippen MR) is 122 cm³/mol. The van der Waals surface area contributed by atoms with Crippen LogP contribution in [-0.2, 0) is 33.9 Å². The van der Waals surface area contributed by atoms with Gasteiger partial charge in [0.25, 0.3) is 0 Å². The molecule has 2 N–H and O–H groups in total. The molecule has 0 amide bonds. The number of hydrogen-bond acceptors (Lipinski definition) is 8. The zero-order valence-electron chi connectivity index (χ0n) is 20.8. The molecule has 8 rings (SSSR count). The predicted octanol–water partition coefficient (Wildman–Crippen LogP) is 2.99. The number of hydrogen-bond donors (Lipinski definition) is 2. The van der Waals surface area contributed by atoms with Gasteiger partial charge in [-0.1, -0.05) is 0 Å². The highest BCUT2D eigenvalue weighted by Gasteiger charge is 2.65. The molecule has 9 nitrogen and oxygen atoms in total. The molecule has 8 bridgehead atoms. The van der Waals surface area contributed by atoms with E-state index < -0.39 is 49.7 Å². The molecule has 0 aromatic rings. The summed E-state index contributed by atoms with van der Waals surface area (Å²) in [7, 11) is -5.96. The van der Waals surface area contributed by atoms with Gasteiger partial charge in [0.15, 0.2) is 0 Å². The van der Waals surface area contributed by atoms with Gasteiger partial charge < -0.3 is 19.3 Å². The number of carbonyl (C=O) groups excluding carboxylic acids is 2. The fraction of sp³-hybridized carbons (Fsp3) is 0.920. The van der Waals surface area contributed by atoms with Gasteiger partial charge in [-0.15, -0.1) is 0 Å². The number of ether oxygens (including phenoxy) is 3. The number of alkyl halides is 2. The summed E-state index contributed by atoms with van der Waals surface area (Å²) in [6, 6.07) is 0. The Morgan fingerprint density at radius 1 is 0.892 bits per heavy atom. The maximum Gasteiger partial charge on any atom is 0.465 e. The number of rotatable bonds is 7. The SMILES string of the molecule is CC1(OC(=O)C(F)(F)S(=O)(=O)O)C2CC3CC1CC(OCC(=O)OC14CC5CC(CC(O)(C5)C1)C4)(C3)C2. The van der Waals surface area contributed by atoms with Gasteiger partial charge >= 0.3 is 27.3 Å². The molecule has 4 atom stereocenters. The maximum absolute atomic E-state index is 13.9. The van der Waals surface area contributed by atoms with Crippen molar-refractivity contribution < 1.29 is 50.7 Å². The summed E-state index contributed by atoms with van der Waals surface area (Å²) in [4.78, 5) is 25.0. The molecule has 8 aliphatic carbocycles. The molecule has 37 heavy (non-hydrogen) atoms. The van der Waals surface area contributed by atoms with E-state index in [0.717, 1.165) is 32.1 Å². The first-order chi connectivity index (χ1) is 17.0. The Morgan fingerprint density at radius 3 is 2.00 bits per heavy atom. The Kier molecular flexibility index (Phi) is 5.49. The minimum Gasteiger partial charge on any atom is -0.457 e. The van der Waals surface area contributed by atoms with Crippen LogP contribution in [0, 0.1) is 29.6 Å². The van der Waals surface area contributed by atoms with Gasteiger partial charge in [-0.3, -0.25) is 4.55 Å². The summed E-state index contributed by atoms with van der Waals surface area (Å²) in [6.07, 6.45) is 7.30. The van der Waals surface area contributed by atoms with Crippen molar-refractivity contribution in [2.24, 2.45) is 29.6 Å². The van der Waals surface area contributed by atoms with Crippen LogP contribution in [0.4, 0.5) is 8.78 Å². The third-order valence-electron chi connectivity index (χ3n) is 10.4. The lowest BCUT2D eigenvalue weighted by molar-refractivity contribution is -0.257. The average Bonchev–Trinajstić information content (AvgIpc) is 2.73. The molecule has 208 valence electrons. The van der Waals surface area contributed by atoms with Crippen molar-refractivity contribution in [3.05, 3.63) is 0 Å². The van der Waals surface area contributed by atoms with E-state index in [0.29, 0.717) is 50.4 Å². The minimum absolute atomic E-state index is 0.208. The fourth-order valence-electron chi connectivity index (χ4n) is 9.56. The highest BCUT2D eigenvalue weighted by atomic mass is 32.2. The normalized spacial score (nSPS) is 47.8. The first kappa shape index (κ1) is 25.9. The Hall–Kier alpha value is -1.37. The van der Waals surface area contributed by atoms with Crippen LogP contribution in [0.3, 0.4) is 0 Å². The smallest absolute Gasteiger partial charge is 0.457 e. The molecule has 0 spiro atoms. The standard InChI is InChI=1S/C25H34F2O9S/c1-21(36-20(29)25(26,27)37(31,32)33)17-3-14-4-18(21)11-23(7-14,10-17)34-12-19(28)35-24-8-15-2-16(9-24)6-22(30,5-15)13-24/h14-18,30H,2-13H2,1H3,(H,31,32,33). The first-order valence-electron chi connectivity index (χ1n) is 13.2. The Bertz CT molecular complexity index is 1090. The highest BCUT2D eigenvalue weighted by Crippen LogP contribution is 2.63. The third kappa shape index (κ3) is 4.12. The maximum atomic E-state index is 13.9. The highest BCUT2D eigenvalue weighted by molar-refractivity contribution is 7.87. The summed E-state index contributed by atoms with van der Waals surface area (Å²) < 4.78 is 76.0. The van der Waals surface area contributed by atoms with E-state index in [1.165, 1.54) is 6.92 Å². The van der Waals surface area contributed by atoms with Crippen molar-refractivity contribution in [2.75, 3.05) is 6.61 Å². The Labute approximate surface area is 214 Å². The van der Waals surface area contributed by atoms with E-state index in [4.69, 9.17) is 18.8 Å². The van der Waals surface area contributed by atoms with E-state index >= 15 is 0 Å². The zero-order chi connectivity index (χ0) is 26.6. The average molecular weight is 549 g/mol. The summed E-state index contributed by atoms with van der Waals surface area (Å²) in [5, 5.41) is 5.87. The van der Waals surface area contributed by atoms with Gasteiger partial charge in [0, 0.05) is 18.3 Å². The van der Waals surface area contributed by atoms with Crippen LogP contribution in [0.25, 0.3) is 0 Å². The van der Waals surface area contributed by atoms with Crippen molar-refractivity contribution in [3.8, 4) is 0 Å². The van der Waals surface area contributed by atoms with Crippen LogP contribution in [0.1, 0.15) is 77.6 Å². The molecule has 4 unspecified atom stereocenters. The summed E-state index contributed by atoms with van der Waals surface area (Å²) >= 11 is 0. The molecule has 0 heterocycles. The molecule has 0 radical (unpaired) electrons. The molecular weight excluding hydrogens is 514 g/mol. The molecule has 0 saturated heterocycles. The van der Waals surface area contributed by atoms with Crippen LogP contribution in [0.5, 0.6) is 0 Å². The molecule has 0 aromatic heterocycles. The Morgan fingerprint density at radius 2 is 1.46 bits per heavy atom. The van der Waals surface area contributed by atoms with Gasteiger partial charge in [-0.25, -0.2) is 9.59 Å². The van der Waals surface area contributed by atoms with Crippen LogP contribution in [-0.4, -0.2) is 64.3 Å². The van der Waals surface area contributed by atoms with Crippen molar-refractivity contribution in [2.45, 2.75) is 105 Å². The lowest BCUT2D eigenvalue weighted by Gasteiger charge is -2.63. The second-order valence-electron chi connectivity index (χ2n) is 13.2. The minimum atomic E-state index is -5.96. The second kappa shape index (κ2) is 7.85. The molecular formula is C25H34F2O9S. The number of esters is 2. The van der Waals surface area contributed by atoms with E-state index in [1.54, 1.807) is 0 Å². The number of aliphatic hydroxyl groups is 1. The monoisotopic (exact) mass is 548 g/mol. The van der Waals surface area contributed by atoms with Gasteiger partial charge in [-0.05, 0) is 88.9 Å². The third-order valence-corrected chi connectivity index (χ3v) is 11.2. The topological polar surface area (TPSA) is 136 Å². The van der Waals surface area contributed by atoms with Gasteiger partial charge in [0.2, 0.25) is 0 Å². The van der Waals surface area contributed by atoms with Crippen molar-refractivity contribution >= 4 is 22.1 Å². The summed E-state index contributed by atoms with van der Waals surface area (Å²) in [5.41, 5.74) is -3.39. The zero-order valence-corrected chi connectivity index (χ0v) is 21.6. The second-order valence-corrected chi connectivity index (χ2v) is 14.7. The van der Waals surface area contributed by atoms with Crippen molar-refractivity contribution in [1.29, 1.82) is 0 Å². The largest absolute Gasteiger partial charge is 0.465 e. The Balaban J connectivity index is 1.11. The van der Waals surface area contributed by atoms with E-state index in [9.17, 15) is 31.9 Å². The quantitative estimate of drug-likeness (QED) is 0.363. The molecule has 8 fully saturated rings. The van der Waals surface area contributed by atoms with E-state index in [1.807, 2.05) is 0 Å². The van der Waals surface area contributed by atoms with Gasteiger partial charge in [0.1, 0.15) is 17.8 Å². The van der Waals surface area contributed by atoms with E-state index in [-0.39, 0.29) is 24.4 Å². The number of carbonyl (C=O) groups is 2. The molecule has 8 aliphatic rings. The molecule has 8 saturated carbocycles. The molecule has 12 heteroatoms. The van der Waals surface area contributed by atoms with Crippen LogP contribution in [0.2, 0.25) is 0 Å². The first-order valence-corrected chi connectivity index (χ1v) is 14.6. The van der Waals surface area contributed by atoms with Crippen LogP contribution >= 0.6 is 0 Å². The molecule has 0 aliphatic heterocycles. The number of halogens is 2. The van der Waals surface area contributed by atoms with Crippen molar-refractivity contribution in [1.82, 2.24) is 0 Å². The summed E-state index contributed by atoms with van der Waals surface area (Å²) in [6.45, 7) is 1.29. The molecule has 0 aromatic carbocycles. The van der Waals surface area contributed by atoms with E-state index in [2.05, 4.69) is 0 Å². The lowest BCUT2D eigenvalue weighted by atomic mass is 9.48. The summed E-state index contributed by atoms with van der Waals surface area (Å²) in [5.74, 6) is -2.50. The van der Waals surface area contributed by atoms with Crippen molar-refractivity contribution in [3.63, 3.8) is 0 Å². The van der Waals surface area contributed by atoms with Crippen LogP contribution in [0.15, 0.2) is 0 Å².